The van der Waals surface area contributed by atoms with Gasteiger partial charge in [-0.1, -0.05) is 0 Å². The molecule has 0 radical (unpaired) electrons. The molecule has 6 nitrogen and oxygen atoms in total. The predicted molar refractivity (Wildman–Crippen MR) is 70.9 cm³/mol. The van der Waals surface area contributed by atoms with E-state index < -0.39 is 18.1 Å². The molecule has 1 heterocycles. The lowest BCUT2D eigenvalue weighted by atomic mass is 9.79. The molecule has 2 unspecified atom stereocenters. The summed E-state index contributed by atoms with van der Waals surface area (Å²) in [4.78, 5) is 25.4. The van der Waals surface area contributed by atoms with E-state index in [0.717, 1.165) is 12.8 Å². The van der Waals surface area contributed by atoms with Crippen molar-refractivity contribution in [3.63, 3.8) is 0 Å². The highest BCUT2D eigenvalue weighted by molar-refractivity contribution is 5.85. The number of amides is 1. The third-order valence-corrected chi connectivity index (χ3v) is 4.13. The summed E-state index contributed by atoms with van der Waals surface area (Å²) in [7, 11) is 1.30. The first kappa shape index (κ1) is 15.3. The minimum atomic E-state index is -0.638. The second kappa shape index (κ2) is 6.54. The van der Waals surface area contributed by atoms with Crippen LogP contribution in [0.1, 0.15) is 32.6 Å². The fourth-order valence-electron chi connectivity index (χ4n) is 3.03. The van der Waals surface area contributed by atoms with E-state index in [0.29, 0.717) is 18.9 Å². The molecule has 1 aliphatic heterocycles. The number of β-amino-alcohol motifs (C(OH)–C–C–N with tert-alkyl or cyclic N) is 1. The number of methoxy groups -OCH3 is 1. The Labute approximate surface area is 119 Å². The average Bonchev–Trinajstić information content (AvgIpc) is 2.77. The normalized spacial score (nSPS) is 32.9. The van der Waals surface area contributed by atoms with Crippen LogP contribution in [-0.4, -0.2) is 60.4 Å². The van der Waals surface area contributed by atoms with E-state index in [1.807, 2.05) is 6.92 Å². The van der Waals surface area contributed by atoms with E-state index >= 15 is 0 Å². The maximum absolute atomic E-state index is 12.3. The lowest BCUT2D eigenvalue weighted by Crippen LogP contribution is -2.43. The number of hydrogen-bond acceptors (Lipinski definition) is 5. The van der Waals surface area contributed by atoms with Gasteiger partial charge in [-0.25, -0.2) is 4.79 Å². The first-order valence-electron chi connectivity index (χ1n) is 7.22. The van der Waals surface area contributed by atoms with Crippen LogP contribution in [0.3, 0.4) is 0 Å². The third-order valence-electron chi connectivity index (χ3n) is 4.13. The quantitative estimate of drug-likeness (QED) is 0.737. The topological polar surface area (TPSA) is 76.1 Å². The summed E-state index contributed by atoms with van der Waals surface area (Å²) in [6, 6.07) is -0.634. The van der Waals surface area contributed by atoms with Crippen LogP contribution in [0.25, 0.3) is 0 Å². The van der Waals surface area contributed by atoms with E-state index in [4.69, 9.17) is 9.47 Å². The van der Waals surface area contributed by atoms with Crippen molar-refractivity contribution in [1.29, 1.82) is 0 Å². The molecule has 0 bridgehead atoms. The van der Waals surface area contributed by atoms with Crippen molar-refractivity contribution < 1.29 is 24.2 Å². The number of ether oxygens (including phenoxy) is 2. The van der Waals surface area contributed by atoms with Crippen molar-refractivity contribution in [2.45, 2.75) is 50.9 Å². The van der Waals surface area contributed by atoms with Gasteiger partial charge in [0.1, 0.15) is 6.04 Å². The van der Waals surface area contributed by atoms with Gasteiger partial charge in [0.25, 0.3) is 0 Å². The summed E-state index contributed by atoms with van der Waals surface area (Å²) < 4.78 is 10.2. The van der Waals surface area contributed by atoms with E-state index in [1.165, 1.54) is 12.0 Å². The maximum Gasteiger partial charge on any atom is 0.328 e. The Morgan fingerprint density at radius 2 is 2.00 bits per heavy atom. The Morgan fingerprint density at radius 1 is 1.30 bits per heavy atom. The third kappa shape index (κ3) is 3.30. The van der Waals surface area contributed by atoms with Gasteiger partial charge in [0.2, 0.25) is 5.91 Å². The fourth-order valence-corrected chi connectivity index (χ4v) is 3.03. The Kier molecular flexibility index (Phi) is 4.99. The summed E-state index contributed by atoms with van der Waals surface area (Å²) >= 11 is 0. The molecule has 2 rings (SSSR count). The summed E-state index contributed by atoms with van der Waals surface area (Å²) in [6.45, 7) is 2.89. The molecule has 1 saturated heterocycles. The molecule has 1 saturated carbocycles. The van der Waals surface area contributed by atoms with Crippen LogP contribution in [-0.2, 0) is 19.1 Å². The number of aliphatic hydroxyl groups excluding tert-OH is 1. The molecular weight excluding hydrogens is 262 g/mol. The van der Waals surface area contributed by atoms with Crippen molar-refractivity contribution >= 4 is 11.9 Å². The molecule has 1 aliphatic carbocycles. The van der Waals surface area contributed by atoms with Crippen molar-refractivity contribution in [2.75, 3.05) is 20.3 Å². The maximum atomic E-state index is 12.3. The van der Waals surface area contributed by atoms with E-state index in [-0.39, 0.29) is 25.0 Å². The predicted octanol–water partition coefficient (Wildman–Crippen LogP) is 0.326. The average molecular weight is 285 g/mol. The van der Waals surface area contributed by atoms with Crippen LogP contribution >= 0.6 is 0 Å². The zero-order valence-corrected chi connectivity index (χ0v) is 12.1. The Morgan fingerprint density at radius 3 is 2.60 bits per heavy atom. The molecule has 0 aromatic heterocycles. The minimum absolute atomic E-state index is 0.0723. The van der Waals surface area contributed by atoms with Crippen molar-refractivity contribution in [3.8, 4) is 0 Å². The lowest BCUT2D eigenvalue weighted by molar-refractivity contribution is -0.152. The summed E-state index contributed by atoms with van der Waals surface area (Å²) in [5, 5.41) is 9.66. The molecule has 0 aromatic rings. The Balaban J connectivity index is 1.84. The van der Waals surface area contributed by atoms with Gasteiger partial charge >= 0.3 is 5.97 Å². The van der Waals surface area contributed by atoms with Crippen molar-refractivity contribution in [1.82, 2.24) is 4.90 Å². The summed E-state index contributed by atoms with van der Waals surface area (Å²) in [6.07, 6.45) is 2.13. The van der Waals surface area contributed by atoms with E-state index in [1.54, 1.807) is 0 Å². The number of aliphatic hydroxyl groups is 1. The number of esters is 1. The van der Waals surface area contributed by atoms with E-state index in [9.17, 15) is 14.7 Å². The smallest absolute Gasteiger partial charge is 0.328 e. The van der Waals surface area contributed by atoms with Crippen LogP contribution in [0.5, 0.6) is 0 Å². The van der Waals surface area contributed by atoms with Gasteiger partial charge in [-0.2, -0.15) is 0 Å². The SMILES string of the molecule is CCOC1CC(CC(=O)N2CC(O)CC2C(=O)OC)C1. The van der Waals surface area contributed by atoms with Gasteiger partial charge in [0, 0.05) is 26.0 Å². The minimum Gasteiger partial charge on any atom is -0.467 e. The van der Waals surface area contributed by atoms with Gasteiger partial charge < -0.3 is 19.5 Å². The van der Waals surface area contributed by atoms with Crippen LogP contribution in [0, 0.1) is 5.92 Å². The highest BCUT2D eigenvalue weighted by Gasteiger charge is 2.41. The summed E-state index contributed by atoms with van der Waals surface area (Å²) in [5.74, 6) is -0.192. The largest absolute Gasteiger partial charge is 0.467 e. The number of nitrogens with zero attached hydrogens (tertiary/aromatic N) is 1. The van der Waals surface area contributed by atoms with Crippen LogP contribution < -0.4 is 0 Å². The van der Waals surface area contributed by atoms with Gasteiger partial charge in [-0.15, -0.1) is 0 Å². The first-order chi connectivity index (χ1) is 9.55. The van der Waals surface area contributed by atoms with Gasteiger partial charge in [-0.3, -0.25) is 4.79 Å². The number of likely N-dealkylation sites (tertiary alicyclic amines) is 1. The Hall–Kier alpha value is -1.14. The number of carbonyl (C=O) groups excluding carboxylic acids is 2. The standard InChI is InChI=1S/C14H23NO5/c1-3-20-11-4-9(5-11)6-13(17)15-8-10(16)7-12(15)14(18)19-2/h9-12,16H,3-8H2,1-2H3. The second-order valence-electron chi connectivity index (χ2n) is 5.59. The zero-order chi connectivity index (χ0) is 14.7. The van der Waals surface area contributed by atoms with Gasteiger partial charge in [-0.05, 0) is 25.7 Å². The van der Waals surface area contributed by atoms with Crippen LogP contribution in [0.2, 0.25) is 0 Å². The van der Waals surface area contributed by atoms with Crippen molar-refractivity contribution in [2.24, 2.45) is 5.92 Å². The molecule has 2 aliphatic rings. The zero-order valence-electron chi connectivity index (χ0n) is 12.1. The van der Waals surface area contributed by atoms with Crippen LogP contribution in [0.4, 0.5) is 0 Å². The highest BCUT2D eigenvalue weighted by atomic mass is 16.5. The summed E-state index contributed by atoms with van der Waals surface area (Å²) in [5.41, 5.74) is 0. The second-order valence-corrected chi connectivity index (χ2v) is 5.59. The number of carbonyl (C=O) groups is 2. The molecule has 114 valence electrons. The Bertz CT molecular complexity index is 367. The van der Waals surface area contributed by atoms with Gasteiger partial charge in [0.05, 0.1) is 19.3 Å². The molecular formula is C14H23NO5. The van der Waals surface area contributed by atoms with Crippen molar-refractivity contribution in [3.05, 3.63) is 0 Å². The van der Waals surface area contributed by atoms with Crippen LogP contribution in [0.15, 0.2) is 0 Å². The molecule has 2 atom stereocenters. The number of rotatable bonds is 5. The monoisotopic (exact) mass is 285 g/mol. The highest BCUT2D eigenvalue weighted by Crippen LogP contribution is 2.34. The molecule has 0 spiro atoms. The molecule has 0 aromatic carbocycles. The number of hydrogen-bond donors (Lipinski definition) is 1. The molecule has 6 heteroatoms. The molecule has 20 heavy (non-hydrogen) atoms. The fraction of sp³-hybridized carbons (Fsp3) is 0.857. The van der Waals surface area contributed by atoms with Gasteiger partial charge in [0.15, 0.2) is 0 Å². The van der Waals surface area contributed by atoms with E-state index in [2.05, 4.69) is 0 Å². The molecule has 1 amide bonds. The lowest BCUT2D eigenvalue weighted by Gasteiger charge is -2.35. The molecule has 2 fully saturated rings. The first-order valence-corrected chi connectivity index (χ1v) is 7.22. The molecule has 1 N–H and O–H groups in total.